The van der Waals surface area contributed by atoms with Crippen LogP contribution in [0.5, 0.6) is 0 Å². The van der Waals surface area contributed by atoms with E-state index >= 15 is 0 Å². The maximum Gasteiger partial charge on any atom is 0.150 e. The smallest absolute Gasteiger partial charge is 0.150 e. The lowest BCUT2D eigenvalue weighted by molar-refractivity contribution is 0.398. The fraction of sp³-hybridized carbons (Fsp3) is 0.727. The average molecular weight is 257 g/mol. The predicted molar refractivity (Wildman–Crippen MR) is 66.5 cm³/mol. The third-order valence-electron chi connectivity index (χ3n) is 3.68. The highest BCUT2D eigenvalue weighted by molar-refractivity contribution is 7.91. The molecular formula is C11H19N3O2S. The van der Waals surface area contributed by atoms with Crippen LogP contribution in [0.3, 0.4) is 0 Å². The Morgan fingerprint density at radius 1 is 1.41 bits per heavy atom. The minimum absolute atomic E-state index is 0.163. The second-order valence-electron chi connectivity index (χ2n) is 5.07. The molecule has 0 unspecified atom stereocenters. The van der Waals surface area contributed by atoms with E-state index in [0.717, 1.165) is 17.2 Å². The highest BCUT2D eigenvalue weighted by atomic mass is 32.2. The van der Waals surface area contributed by atoms with Gasteiger partial charge >= 0.3 is 0 Å². The number of aryl methyl sites for hydroxylation is 1. The molecule has 2 heterocycles. The van der Waals surface area contributed by atoms with Crippen LogP contribution in [0.15, 0.2) is 0 Å². The van der Waals surface area contributed by atoms with Crippen molar-refractivity contribution in [2.45, 2.75) is 38.6 Å². The van der Waals surface area contributed by atoms with Crippen molar-refractivity contribution in [3.05, 3.63) is 17.2 Å². The molecule has 0 atom stereocenters. The largest absolute Gasteiger partial charge is 0.345 e. The normalized spacial score (nSPS) is 22.5. The molecule has 0 aromatic carbocycles. The zero-order valence-corrected chi connectivity index (χ0v) is 11.1. The number of aromatic amines is 1. The molecule has 3 N–H and O–H groups in total. The zero-order valence-electron chi connectivity index (χ0n) is 10.3. The van der Waals surface area contributed by atoms with E-state index in [-0.39, 0.29) is 16.9 Å². The van der Waals surface area contributed by atoms with E-state index in [1.165, 1.54) is 0 Å². The number of rotatable bonds is 2. The highest BCUT2D eigenvalue weighted by Crippen LogP contribution is 2.34. The molecule has 6 heteroatoms. The first-order valence-corrected chi connectivity index (χ1v) is 7.65. The average Bonchev–Trinajstić information content (AvgIpc) is 2.65. The van der Waals surface area contributed by atoms with Crippen molar-refractivity contribution in [2.24, 2.45) is 5.73 Å². The Morgan fingerprint density at radius 3 is 2.47 bits per heavy atom. The van der Waals surface area contributed by atoms with Gasteiger partial charge in [0.25, 0.3) is 0 Å². The van der Waals surface area contributed by atoms with Crippen molar-refractivity contribution in [1.29, 1.82) is 0 Å². The monoisotopic (exact) mass is 257 g/mol. The van der Waals surface area contributed by atoms with Crippen molar-refractivity contribution in [1.82, 2.24) is 9.97 Å². The first-order chi connectivity index (χ1) is 7.86. The predicted octanol–water partition coefficient (Wildman–Crippen LogP) is 0.643. The summed E-state index contributed by atoms with van der Waals surface area (Å²) in [7, 11) is -2.84. The SMILES string of the molecule is Cc1[nH]c(C2(C)CCS(=O)(=O)CC2)nc1CN. The fourth-order valence-corrected chi connectivity index (χ4v) is 3.93. The van der Waals surface area contributed by atoms with Gasteiger partial charge in [-0.1, -0.05) is 6.92 Å². The fourth-order valence-electron chi connectivity index (χ4n) is 2.21. The summed E-state index contributed by atoms with van der Waals surface area (Å²) >= 11 is 0. The van der Waals surface area contributed by atoms with Crippen LogP contribution >= 0.6 is 0 Å². The summed E-state index contributed by atoms with van der Waals surface area (Å²) < 4.78 is 22.9. The van der Waals surface area contributed by atoms with Crippen LogP contribution in [0.1, 0.15) is 37.0 Å². The maximum absolute atomic E-state index is 11.4. The van der Waals surface area contributed by atoms with Crippen molar-refractivity contribution >= 4 is 9.84 Å². The molecule has 1 aliphatic heterocycles. The van der Waals surface area contributed by atoms with Gasteiger partial charge in [-0.05, 0) is 19.8 Å². The molecule has 96 valence electrons. The van der Waals surface area contributed by atoms with Gasteiger partial charge in [0.1, 0.15) is 15.7 Å². The molecule has 17 heavy (non-hydrogen) atoms. The van der Waals surface area contributed by atoms with E-state index in [9.17, 15) is 8.42 Å². The molecule has 1 aromatic rings. The van der Waals surface area contributed by atoms with Crippen LogP contribution < -0.4 is 5.73 Å². The molecule has 0 saturated carbocycles. The van der Waals surface area contributed by atoms with Crippen molar-refractivity contribution in [3.8, 4) is 0 Å². The number of hydrogen-bond donors (Lipinski definition) is 2. The molecule has 0 spiro atoms. The van der Waals surface area contributed by atoms with E-state index in [1.807, 2.05) is 6.92 Å². The number of hydrogen-bond acceptors (Lipinski definition) is 4. The molecular weight excluding hydrogens is 238 g/mol. The van der Waals surface area contributed by atoms with Gasteiger partial charge < -0.3 is 10.7 Å². The molecule has 1 aromatic heterocycles. The van der Waals surface area contributed by atoms with Crippen LogP contribution in [0.2, 0.25) is 0 Å². The van der Waals surface area contributed by atoms with E-state index < -0.39 is 9.84 Å². The Bertz CT molecular complexity index is 505. The van der Waals surface area contributed by atoms with Gasteiger partial charge in [-0.2, -0.15) is 0 Å². The molecule has 0 aliphatic carbocycles. The molecule has 1 fully saturated rings. The van der Waals surface area contributed by atoms with E-state index in [4.69, 9.17) is 5.73 Å². The molecule has 0 radical (unpaired) electrons. The second-order valence-corrected chi connectivity index (χ2v) is 7.38. The Hall–Kier alpha value is -0.880. The molecule has 0 amide bonds. The van der Waals surface area contributed by atoms with Crippen LogP contribution in [0, 0.1) is 6.92 Å². The zero-order chi connectivity index (χ0) is 12.7. The number of nitrogens with zero attached hydrogens (tertiary/aromatic N) is 1. The Labute approximate surface area is 102 Å². The number of nitrogens with one attached hydrogen (secondary N) is 1. The Balaban J connectivity index is 2.27. The molecule has 2 rings (SSSR count). The minimum Gasteiger partial charge on any atom is -0.345 e. The second kappa shape index (κ2) is 4.10. The van der Waals surface area contributed by atoms with Gasteiger partial charge in [-0.3, -0.25) is 0 Å². The third kappa shape index (κ3) is 2.37. The summed E-state index contributed by atoms with van der Waals surface area (Å²) in [6.45, 7) is 4.43. The maximum atomic E-state index is 11.4. The van der Waals surface area contributed by atoms with Crippen molar-refractivity contribution < 1.29 is 8.42 Å². The van der Waals surface area contributed by atoms with Gasteiger partial charge in [0.05, 0.1) is 17.2 Å². The minimum atomic E-state index is -2.84. The standard InChI is InChI=1S/C11H19N3O2S/c1-8-9(7-12)14-10(13-8)11(2)3-5-17(15,16)6-4-11/h3-7,12H2,1-2H3,(H,13,14). The quantitative estimate of drug-likeness (QED) is 0.814. The lowest BCUT2D eigenvalue weighted by Gasteiger charge is -2.31. The van der Waals surface area contributed by atoms with Gasteiger partial charge in [0, 0.05) is 17.7 Å². The summed E-state index contributed by atoms with van der Waals surface area (Å²) in [6.07, 6.45) is 1.26. The van der Waals surface area contributed by atoms with Gasteiger partial charge in [0.15, 0.2) is 0 Å². The number of sulfone groups is 1. The Kier molecular flexibility index (Phi) is 3.03. The van der Waals surface area contributed by atoms with E-state index in [2.05, 4.69) is 16.9 Å². The molecule has 5 nitrogen and oxygen atoms in total. The van der Waals surface area contributed by atoms with Crippen molar-refractivity contribution in [2.75, 3.05) is 11.5 Å². The third-order valence-corrected chi connectivity index (χ3v) is 5.33. The highest BCUT2D eigenvalue weighted by Gasteiger charge is 2.37. The summed E-state index contributed by atoms with van der Waals surface area (Å²) in [5.41, 5.74) is 7.29. The first kappa shape index (κ1) is 12.6. The van der Waals surface area contributed by atoms with Crippen molar-refractivity contribution in [3.63, 3.8) is 0 Å². The summed E-state index contributed by atoms with van der Waals surface area (Å²) in [6, 6.07) is 0. The van der Waals surface area contributed by atoms with Crippen LogP contribution in [0.25, 0.3) is 0 Å². The summed E-state index contributed by atoms with van der Waals surface area (Å²) in [4.78, 5) is 7.74. The van der Waals surface area contributed by atoms with E-state index in [1.54, 1.807) is 0 Å². The lowest BCUT2D eigenvalue weighted by atomic mass is 9.83. The van der Waals surface area contributed by atoms with Gasteiger partial charge in [0.2, 0.25) is 0 Å². The van der Waals surface area contributed by atoms with Crippen LogP contribution in [-0.2, 0) is 21.8 Å². The Morgan fingerprint density at radius 2 is 2.00 bits per heavy atom. The number of H-pyrrole nitrogens is 1. The summed E-state index contributed by atoms with van der Waals surface area (Å²) in [5, 5.41) is 0. The van der Waals surface area contributed by atoms with Gasteiger partial charge in [-0.15, -0.1) is 0 Å². The van der Waals surface area contributed by atoms with E-state index in [0.29, 0.717) is 19.4 Å². The lowest BCUT2D eigenvalue weighted by Crippen LogP contribution is -2.35. The number of nitrogens with two attached hydrogens (primary N) is 1. The summed E-state index contributed by atoms with van der Waals surface area (Å²) in [5.74, 6) is 1.38. The number of imidazole rings is 1. The van der Waals surface area contributed by atoms with Crippen LogP contribution in [0.4, 0.5) is 0 Å². The topological polar surface area (TPSA) is 88.8 Å². The number of aromatic nitrogens is 2. The van der Waals surface area contributed by atoms with Crippen LogP contribution in [-0.4, -0.2) is 29.9 Å². The first-order valence-electron chi connectivity index (χ1n) is 5.83. The molecule has 0 bridgehead atoms. The molecule has 1 aliphatic rings. The van der Waals surface area contributed by atoms with Gasteiger partial charge in [-0.25, -0.2) is 13.4 Å². The molecule has 1 saturated heterocycles.